The summed E-state index contributed by atoms with van der Waals surface area (Å²) in [4.78, 5) is 10.6. The van der Waals surface area contributed by atoms with Gasteiger partial charge in [0.05, 0.1) is 18.2 Å². The zero-order chi connectivity index (χ0) is 18.1. The number of fused-ring (bicyclic) bond motifs is 2. The van der Waals surface area contributed by atoms with E-state index in [-0.39, 0.29) is 12.0 Å². The van der Waals surface area contributed by atoms with Crippen molar-refractivity contribution in [2.45, 2.75) is 32.4 Å². The number of benzene rings is 1. The third kappa shape index (κ3) is 3.21. The molecule has 0 amide bonds. The van der Waals surface area contributed by atoms with Gasteiger partial charge in [-0.25, -0.2) is 9.97 Å². The third-order valence-corrected chi connectivity index (χ3v) is 6.05. The standard InChI is InChI=1S/C19H21N5OS/c1-19(2,10-25)16-6-15-17(21-11-22-18(15)26-16)24-23-7-12-3-4-13-8-20-9-14(13)5-12/h3-7,11,20,25H,8-10H2,1-2H3,(H,21,22,24). The van der Waals surface area contributed by atoms with Crippen LogP contribution in [0.5, 0.6) is 0 Å². The molecule has 3 aromatic rings. The third-order valence-electron chi connectivity index (χ3n) is 4.64. The largest absolute Gasteiger partial charge is 0.395 e. The van der Waals surface area contributed by atoms with Gasteiger partial charge in [0.1, 0.15) is 11.2 Å². The summed E-state index contributed by atoms with van der Waals surface area (Å²) in [5, 5.41) is 18.2. The van der Waals surface area contributed by atoms with Crippen molar-refractivity contribution in [2.24, 2.45) is 5.10 Å². The highest BCUT2D eigenvalue weighted by atomic mass is 32.1. The van der Waals surface area contributed by atoms with Gasteiger partial charge in [0.15, 0.2) is 5.82 Å². The van der Waals surface area contributed by atoms with Crippen LogP contribution in [0.4, 0.5) is 5.82 Å². The van der Waals surface area contributed by atoms with Gasteiger partial charge in [0, 0.05) is 23.4 Å². The van der Waals surface area contributed by atoms with E-state index >= 15 is 0 Å². The van der Waals surface area contributed by atoms with Crippen LogP contribution in [0.25, 0.3) is 10.2 Å². The molecule has 6 nitrogen and oxygen atoms in total. The maximum absolute atomic E-state index is 9.60. The van der Waals surface area contributed by atoms with Crippen molar-refractivity contribution in [2.75, 3.05) is 12.0 Å². The Hall–Kier alpha value is -2.35. The van der Waals surface area contributed by atoms with Gasteiger partial charge in [0.25, 0.3) is 0 Å². The fraction of sp³-hybridized carbons (Fsp3) is 0.316. The monoisotopic (exact) mass is 367 g/mol. The lowest BCUT2D eigenvalue weighted by Crippen LogP contribution is -2.20. The molecular weight excluding hydrogens is 346 g/mol. The lowest BCUT2D eigenvalue weighted by atomic mass is 9.93. The van der Waals surface area contributed by atoms with Crippen LogP contribution in [0.15, 0.2) is 35.7 Å². The van der Waals surface area contributed by atoms with Crippen LogP contribution < -0.4 is 10.7 Å². The molecule has 1 aliphatic heterocycles. The molecule has 0 radical (unpaired) electrons. The predicted octanol–water partition coefficient (Wildman–Crippen LogP) is 3.01. The Bertz CT molecular complexity index is 979. The van der Waals surface area contributed by atoms with Gasteiger partial charge in [-0.1, -0.05) is 26.0 Å². The molecule has 1 aromatic carbocycles. The molecule has 1 aliphatic rings. The van der Waals surface area contributed by atoms with E-state index in [0.29, 0.717) is 5.82 Å². The fourth-order valence-electron chi connectivity index (χ4n) is 2.92. The van der Waals surface area contributed by atoms with Gasteiger partial charge in [0.2, 0.25) is 0 Å². The summed E-state index contributed by atoms with van der Waals surface area (Å²) in [6, 6.07) is 8.40. The molecule has 3 heterocycles. The lowest BCUT2D eigenvalue weighted by molar-refractivity contribution is 0.221. The van der Waals surface area contributed by atoms with Crippen LogP contribution in [-0.2, 0) is 18.5 Å². The van der Waals surface area contributed by atoms with Crippen LogP contribution in [0.2, 0.25) is 0 Å². The van der Waals surface area contributed by atoms with Crippen molar-refractivity contribution < 1.29 is 5.11 Å². The smallest absolute Gasteiger partial charge is 0.158 e. The first-order chi connectivity index (χ1) is 12.6. The first-order valence-electron chi connectivity index (χ1n) is 8.54. The Morgan fingerprint density at radius 1 is 1.27 bits per heavy atom. The van der Waals surface area contributed by atoms with Crippen LogP contribution in [0.1, 0.15) is 35.4 Å². The molecule has 0 atom stereocenters. The molecule has 4 rings (SSSR count). The maximum atomic E-state index is 9.60. The van der Waals surface area contributed by atoms with E-state index in [4.69, 9.17) is 0 Å². The minimum absolute atomic E-state index is 0.0847. The number of aromatic nitrogens is 2. The SMILES string of the molecule is CC(C)(CO)c1cc2c(NN=Cc3ccc4c(c3)CNC4)ncnc2s1. The number of aliphatic hydroxyl groups excluding tert-OH is 1. The summed E-state index contributed by atoms with van der Waals surface area (Å²) in [5.41, 5.74) is 6.46. The Labute approximate surface area is 156 Å². The molecule has 0 bridgehead atoms. The zero-order valence-electron chi connectivity index (χ0n) is 14.8. The fourth-order valence-corrected chi connectivity index (χ4v) is 4.01. The summed E-state index contributed by atoms with van der Waals surface area (Å²) < 4.78 is 0. The molecule has 0 unspecified atom stereocenters. The van der Waals surface area contributed by atoms with E-state index < -0.39 is 0 Å². The highest BCUT2D eigenvalue weighted by Crippen LogP contribution is 2.35. The number of hydrogen-bond donors (Lipinski definition) is 3. The maximum Gasteiger partial charge on any atom is 0.158 e. The summed E-state index contributed by atoms with van der Waals surface area (Å²) in [7, 11) is 0. The quantitative estimate of drug-likeness (QED) is 0.477. The van der Waals surface area contributed by atoms with Crippen molar-refractivity contribution >= 4 is 33.6 Å². The van der Waals surface area contributed by atoms with Gasteiger partial charge in [-0.05, 0) is 28.8 Å². The summed E-state index contributed by atoms with van der Waals surface area (Å²) in [6.07, 6.45) is 3.34. The highest BCUT2D eigenvalue weighted by molar-refractivity contribution is 7.18. The number of hydrogen-bond acceptors (Lipinski definition) is 7. The van der Waals surface area contributed by atoms with Gasteiger partial charge >= 0.3 is 0 Å². The summed E-state index contributed by atoms with van der Waals surface area (Å²) in [5.74, 6) is 0.672. The molecule has 2 aromatic heterocycles. The van der Waals surface area contributed by atoms with E-state index in [2.05, 4.69) is 44.0 Å². The van der Waals surface area contributed by atoms with E-state index in [9.17, 15) is 5.11 Å². The molecule has 0 fully saturated rings. The number of hydrazone groups is 1. The van der Waals surface area contributed by atoms with Crippen LogP contribution >= 0.6 is 11.3 Å². The minimum atomic E-state index is -0.301. The predicted molar refractivity (Wildman–Crippen MR) is 106 cm³/mol. The lowest BCUT2D eigenvalue weighted by Gasteiger charge is -2.18. The Morgan fingerprint density at radius 3 is 2.96 bits per heavy atom. The van der Waals surface area contributed by atoms with Crippen molar-refractivity contribution in [3.05, 3.63) is 52.2 Å². The second kappa shape index (κ2) is 6.75. The molecular formula is C19H21N5OS. The van der Waals surface area contributed by atoms with Crippen LogP contribution in [-0.4, -0.2) is 27.9 Å². The zero-order valence-corrected chi connectivity index (χ0v) is 15.6. The first kappa shape index (κ1) is 17.1. The number of aliphatic hydroxyl groups is 1. The van der Waals surface area contributed by atoms with Crippen molar-refractivity contribution in [1.29, 1.82) is 0 Å². The molecule has 0 saturated carbocycles. The van der Waals surface area contributed by atoms with Crippen LogP contribution in [0, 0.1) is 0 Å². The van der Waals surface area contributed by atoms with E-state index in [1.807, 2.05) is 19.9 Å². The second-order valence-electron chi connectivity index (χ2n) is 7.10. The van der Waals surface area contributed by atoms with Crippen molar-refractivity contribution in [1.82, 2.24) is 15.3 Å². The second-order valence-corrected chi connectivity index (χ2v) is 8.13. The topological polar surface area (TPSA) is 82.4 Å². The van der Waals surface area contributed by atoms with E-state index in [1.165, 1.54) is 17.5 Å². The summed E-state index contributed by atoms with van der Waals surface area (Å²) >= 11 is 1.58. The van der Waals surface area contributed by atoms with Gasteiger partial charge < -0.3 is 10.4 Å². The average molecular weight is 367 g/mol. The molecule has 0 saturated heterocycles. The van der Waals surface area contributed by atoms with Crippen molar-refractivity contribution in [3.63, 3.8) is 0 Å². The van der Waals surface area contributed by atoms with Crippen molar-refractivity contribution in [3.8, 4) is 0 Å². The van der Waals surface area contributed by atoms with Gasteiger partial charge in [-0.2, -0.15) is 5.10 Å². The average Bonchev–Trinajstić information content (AvgIpc) is 3.28. The van der Waals surface area contributed by atoms with E-state index in [0.717, 1.165) is 33.7 Å². The molecule has 0 aliphatic carbocycles. The molecule has 26 heavy (non-hydrogen) atoms. The minimum Gasteiger partial charge on any atom is -0.395 e. The Morgan fingerprint density at radius 2 is 2.12 bits per heavy atom. The number of nitrogens with zero attached hydrogens (tertiary/aromatic N) is 3. The number of rotatable bonds is 5. The number of thiophene rings is 1. The highest BCUT2D eigenvalue weighted by Gasteiger charge is 2.23. The van der Waals surface area contributed by atoms with E-state index in [1.54, 1.807) is 17.6 Å². The first-order valence-corrected chi connectivity index (χ1v) is 9.36. The Balaban J connectivity index is 1.57. The molecule has 0 spiro atoms. The Kier molecular flexibility index (Phi) is 4.44. The van der Waals surface area contributed by atoms with Crippen LogP contribution in [0.3, 0.4) is 0 Å². The summed E-state index contributed by atoms with van der Waals surface area (Å²) in [6.45, 7) is 5.96. The molecule has 134 valence electrons. The number of anilines is 1. The van der Waals surface area contributed by atoms with Gasteiger partial charge in [-0.3, -0.25) is 5.43 Å². The molecule has 3 N–H and O–H groups in total. The number of nitrogens with one attached hydrogen (secondary N) is 2. The van der Waals surface area contributed by atoms with Gasteiger partial charge in [-0.15, -0.1) is 11.3 Å². The molecule has 7 heteroatoms. The normalized spacial score (nSPS) is 14.3.